The van der Waals surface area contributed by atoms with Crippen molar-refractivity contribution < 1.29 is 18.7 Å². The van der Waals surface area contributed by atoms with Gasteiger partial charge in [-0.05, 0) is 12.1 Å². The lowest BCUT2D eigenvalue weighted by molar-refractivity contribution is -0.122. The molecule has 0 unspecified atom stereocenters. The van der Waals surface area contributed by atoms with Crippen LogP contribution < -0.4 is 20.3 Å². The second kappa shape index (κ2) is 7.52. The number of amides is 2. The molecule has 26 heavy (non-hydrogen) atoms. The average Bonchev–Trinajstić information content (AvgIpc) is 2.63. The van der Waals surface area contributed by atoms with E-state index in [0.717, 1.165) is 6.20 Å². The second-order valence-electron chi connectivity index (χ2n) is 5.40. The molecule has 0 aliphatic carbocycles. The highest BCUT2D eigenvalue weighted by molar-refractivity contribution is 6.32. The molecular weight excluding hydrogens is 365 g/mol. The number of hydrogen-bond acceptors (Lipinski definition) is 6. The minimum absolute atomic E-state index is 0.113. The number of hydrogen-bond donors (Lipinski definition) is 2. The van der Waals surface area contributed by atoms with Crippen LogP contribution in [0.15, 0.2) is 24.4 Å². The van der Waals surface area contributed by atoms with E-state index < -0.39 is 6.08 Å². The number of halogens is 2. The fraction of sp³-hybridized carbons (Fsp3) is 0.250. The van der Waals surface area contributed by atoms with Crippen LogP contribution in [0.5, 0.6) is 5.75 Å². The van der Waals surface area contributed by atoms with E-state index in [0.29, 0.717) is 17.1 Å². The smallest absolute Gasteiger partial charge is 0.310 e. The molecule has 0 radical (unpaired) electrons. The predicted octanol–water partition coefficient (Wildman–Crippen LogP) is 1.87. The topological polar surface area (TPSA) is 96.5 Å². The van der Waals surface area contributed by atoms with Crippen LogP contribution in [0, 0.1) is 6.08 Å². The highest BCUT2D eigenvalue weighted by Crippen LogP contribution is 2.35. The first kappa shape index (κ1) is 17.9. The van der Waals surface area contributed by atoms with Crippen molar-refractivity contribution >= 4 is 40.6 Å². The Hall–Kier alpha value is -2.94. The van der Waals surface area contributed by atoms with Crippen LogP contribution in [0.2, 0.25) is 5.02 Å². The highest BCUT2D eigenvalue weighted by Gasteiger charge is 2.26. The van der Waals surface area contributed by atoms with Crippen molar-refractivity contribution in [3.63, 3.8) is 0 Å². The highest BCUT2D eigenvalue weighted by atomic mass is 35.5. The molecule has 8 nitrogen and oxygen atoms in total. The van der Waals surface area contributed by atoms with Crippen LogP contribution in [0.1, 0.15) is 6.42 Å². The summed E-state index contributed by atoms with van der Waals surface area (Å²) in [5.74, 6) is 0.173. The van der Waals surface area contributed by atoms with E-state index in [-0.39, 0.29) is 42.2 Å². The van der Waals surface area contributed by atoms with Gasteiger partial charge in [0.15, 0.2) is 12.4 Å². The fourth-order valence-corrected chi connectivity index (χ4v) is 2.57. The largest absolute Gasteiger partial charge is 0.481 e. The van der Waals surface area contributed by atoms with Crippen molar-refractivity contribution in [2.45, 2.75) is 6.42 Å². The van der Waals surface area contributed by atoms with Gasteiger partial charge < -0.3 is 20.3 Å². The van der Waals surface area contributed by atoms with Gasteiger partial charge in [0.2, 0.25) is 5.91 Å². The standard InChI is InChI=1S/C16H15ClFN5O3/c1-19-13(24)4-5-23-11-3-2-9(6-12(11)26-8-14(23)25)21-15-10(17)7-20-16(18)22-15/h2-3,6-7H,4-5,8H2,1H3,(H,19,24)(H,20,21,22). The number of rotatable bonds is 5. The number of ether oxygens (including phenoxy) is 1. The molecule has 0 fully saturated rings. The molecule has 2 amide bonds. The molecule has 10 heteroatoms. The van der Waals surface area contributed by atoms with Crippen LogP contribution in [0.3, 0.4) is 0 Å². The molecule has 0 bridgehead atoms. The first-order chi connectivity index (χ1) is 12.5. The first-order valence-corrected chi connectivity index (χ1v) is 8.08. The normalized spacial score (nSPS) is 13.0. The lowest BCUT2D eigenvalue weighted by Crippen LogP contribution is -2.40. The number of benzene rings is 1. The zero-order chi connectivity index (χ0) is 18.7. The maximum Gasteiger partial charge on any atom is 0.310 e. The van der Waals surface area contributed by atoms with E-state index in [1.165, 1.54) is 11.9 Å². The molecule has 3 rings (SSSR count). The Kier molecular flexibility index (Phi) is 5.17. The number of carbonyl (C=O) groups excluding carboxylic acids is 2. The summed E-state index contributed by atoms with van der Waals surface area (Å²) < 4.78 is 18.6. The lowest BCUT2D eigenvalue weighted by Gasteiger charge is -2.29. The van der Waals surface area contributed by atoms with Crippen molar-refractivity contribution in [3.05, 3.63) is 35.5 Å². The van der Waals surface area contributed by atoms with Gasteiger partial charge in [-0.3, -0.25) is 9.59 Å². The van der Waals surface area contributed by atoms with Gasteiger partial charge >= 0.3 is 6.08 Å². The minimum Gasteiger partial charge on any atom is -0.481 e. The summed E-state index contributed by atoms with van der Waals surface area (Å²) in [7, 11) is 1.54. The Labute approximate surface area is 153 Å². The first-order valence-electron chi connectivity index (χ1n) is 7.71. The van der Waals surface area contributed by atoms with Crippen LogP contribution >= 0.6 is 11.6 Å². The average molecular weight is 380 g/mol. The maximum atomic E-state index is 13.2. The Morgan fingerprint density at radius 2 is 2.27 bits per heavy atom. The summed E-state index contributed by atoms with van der Waals surface area (Å²) in [6.07, 6.45) is 0.426. The molecule has 1 aromatic carbocycles. The quantitative estimate of drug-likeness (QED) is 0.770. The molecule has 1 aliphatic heterocycles. The van der Waals surface area contributed by atoms with Crippen molar-refractivity contribution in [2.24, 2.45) is 0 Å². The van der Waals surface area contributed by atoms with Gasteiger partial charge in [-0.1, -0.05) is 11.6 Å². The Bertz CT molecular complexity index is 864. The third-order valence-electron chi connectivity index (χ3n) is 3.72. The van der Waals surface area contributed by atoms with E-state index in [9.17, 15) is 14.0 Å². The Morgan fingerprint density at radius 1 is 1.46 bits per heavy atom. The van der Waals surface area contributed by atoms with Gasteiger partial charge in [-0.25, -0.2) is 4.98 Å². The molecule has 2 heterocycles. The molecule has 0 spiro atoms. The summed E-state index contributed by atoms with van der Waals surface area (Å²) in [4.78, 5) is 32.0. The van der Waals surface area contributed by atoms with Crippen LogP contribution in [0.4, 0.5) is 21.6 Å². The molecule has 1 aromatic heterocycles. The number of carbonyl (C=O) groups is 2. The Morgan fingerprint density at radius 3 is 3.04 bits per heavy atom. The molecule has 0 saturated heterocycles. The lowest BCUT2D eigenvalue weighted by atomic mass is 10.2. The summed E-state index contributed by atoms with van der Waals surface area (Å²) in [5, 5.41) is 5.55. The van der Waals surface area contributed by atoms with Crippen molar-refractivity contribution in [3.8, 4) is 5.75 Å². The zero-order valence-corrected chi connectivity index (χ0v) is 14.5. The molecule has 1 aliphatic rings. The maximum absolute atomic E-state index is 13.2. The number of aromatic nitrogens is 2. The van der Waals surface area contributed by atoms with Crippen LogP contribution in [-0.2, 0) is 9.59 Å². The number of fused-ring (bicyclic) bond motifs is 1. The van der Waals surface area contributed by atoms with E-state index in [2.05, 4.69) is 20.6 Å². The van der Waals surface area contributed by atoms with E-state index in [1.807, 2.05) is 0 Å². The van der Waals surface area contributed by atoms with E-state index in [4.69, 9.17) is 16.3 Å². The van der Waals surface area contributed by atoms with Gasteiger partial charge in [0.25, 0.3) is 5.91 Å². The minimum atomic E-state index is -0.905. The van der Waals surface area contributed by atoms with E-state index in [1.54, 1.807) is 18.2 Å². The van der Waals surface area contributed by atoms with Gasteiger partial charge in [0.1, 0.15) is 10.8 Å². The number of nitrogens with one attached hydrogen (secondary N) is 2. The fourth-order valence-electron chi connectivity index (χ4n) is 2.44. The third-order valence-corrected chi connectivity index (χ3v) is 4.00. The summed E-state index contributed by atoms with van der Waals surface area (Å²) in [6, 6.07) is 4.99. The third kappa shape index (κ3) is 3.83. The summed E-state index contributed by atoms with van der Waals surface area (Å²) in [5.41, 5.74) is 1.10. The monoisotopic (exact) mass is 379 g/mol. The summed E-state index contributed by atoms with van der Waals surface area (Å²) in [6.45, 7) is 0.109. The van der Waals surface area contributed by atoms with Gasteiger partial charge in [-0.15, -0.1) is 0 Å². The molecule has 0 atom stereocenters. The van der Waals surface area contributed by atoms with Crippen molar-refractivity contribution in [1.29, 1.82) is 0 Å². The molecular formula is C16H15ClFN5O3. The van der Waals surface area contributed by atoms with Crippen LogP contribution in [-0.4, -0.2) is 42.0 Å². The van der Waals surface area contributed by atoms with Gasteiger partial charge in [-0.2, -0.15) is 9.37 Å². The number of anilines is 3. The van der Waals surface area contributed by atoms with Crippen molar-refractivity contribution in [2.75, 3.05) is 30.4 Å². The van der Waals surface area contributed by atoms with Crippen LogP contribution in [0.25, 0.3) is 0 Å². The van der Waals surface area contributed by atoms with Gasteiger partial charge in [0, 0.05) is 31.8 Å². The molecule has 2 N–H and O–H groups in total. The second-order valence-corrected chi connectivity index (χ2v) is 5.81. The predicted molar refractivity (Wildman–Crippen MR) is 93.3 cm³/mol. The van der Waals surface area contributed by atoms with Gasteiger partial charge in [0.05, 0.1) is 11.9 Å². The summed E-state index contributed by atoms with van der Waals surface area (Å²) >= 11 is 5.94. The molecule has 0 saturated carbocycles. The number of nitrogens with zero attached hydrogens (tertiary/aromatic N) is 3. The Balaban J connectivity index is 1.82. The SMILES string of the molecule is CNC(=O)CCN1C(=O)COc2cc(Nc3nc(F)ncc3Cl)ccc21. The zero-order valence-electron chi connectivity index (χ0n) is 13.8. The van der Waals surface area contributed by atoms with E-state index >= 15 is 0 Å². The van der Waals surface area contributed by atoms with Crippen molar-refractivity contribution in [1.82, 2.24) is 15.3 Å². The molecule has 2 aromatic rings. The molecule has 136 valence electrons.